The van der Waals surface area contributed by atoms with Crippen molar-refractivity contribution in [2.75, 3.05) is 18.0 Å². The smallest absolute Gasteiger partial charge is 0.0964 e. The minimum Gasteiger partial charge on any atom is -0.387 e. The molecule has 0 bridgehead atoms. The Morgan fingerprint density at radius 2 is 1.86 bits per heavy atom. The number of aryl methyl sites for hydroxylation is 2. The molecule has 0 spiro atoms. The van der Waals surface area contributed by atoms with Crippen LogP contribution in [0.1, 0.15) is 36.1 Å². The maximum absolute atomic E-state index is 10.5. The van der Waals surface area contributed by atoms with Crippen LogP contribution in [0.2, 0.25) is 0 Å². The van der Waals surface area contributed by atoms with E-state index in [-0.39, 0.29) is 0 Å². The third-order valence-corrected chi connectivity index (χ3v) is 4.37. The summed E-state index contributed by atoms with van der Waals surface area (Å²) < 4.78 is 0. The summed E-state index contributed by atoms with van der Waals surface area (Å²) in [7, 11) is 0. The fourth-order valence-electron chi connectivity index (χ4n) is 3.09. The summed E-state index contributed by atoms with van der Waals surface area (Å²) in [5.74, 6) is 0. The van der Waals surface area contributed by atoms with Crippen molar-refractivity contribution in [3.05, 3.63) is 65.2 Å². The number of para-hydroxylation sites is 1. The van der Waals surface area contributed by atoms with Gasteiger partial charge in [0.25, 0.3) is 0 Å². The zero-order valence-electron chi connectivity index (χ0n) is 12.6. The number of fused-ring (bicyclic) bond motifs is 1. The van der Waals surface area contributed by atoms with Crippen LogP contribution in [0.4, 0.5) is 5.69 Å². The lowest BCUT2D eigenvalue weighted by Gasteiger charge is -2.33. The highest BCUT2D eigenvalue weighted by Crippen LogP contribution is 2.28. The summed E-state index contributed by atoms with van der Waals surface area (Å²) in [5.41, 5.74) is 5.01. The molecule has 110 valence electrons. The van der Waals surface area contributed by atoms with Gasteiger partial charge in [-0.2, -0.15) is 0 Å². The van der Waals surface area contributed by atoms with Crippen LogP contribution in [0, 0.1) is 0 Å². The quantitative estimate of drug-likeness (QED) is 0.923. The third kappa shape index (κ3) is 3.11. The first-order valence-electron chi connectivity index (χ1n) is 7.87. The summed E-state index contributed by atoms with van der Waals surface area (Å²) in [5, 5.41) is 10.5. The highest BCUT2D eigenvalue weighted by molar-refractivity contribution is 5.55. The van der Waals surface area contributed by atoms with Crippen LogP contribution in [0.3, 0.4) is 0 Å². The van der Waals surface area contributed by atoms with Crippen LogP contribution in [0.25, 0.3) is 0 Å². The van der Waals surface area contributed by atoms with E-state index < -0.39 is 6.10 Å². The maximum Gasteiger partial charge on any atom is 0.0964 e. The number of anilines is 1. The number of hydrogen-bond donors (Lipinski definition) is 1. The molecule has 0 radical (unpaired) electrons. The molecule has 1 aliphatic heterocycles. The highest BCUT2D eigenvalue weighted by Gasteiger charge is 2.19. The van der Waals surface area contributed by atoms with E-state index in [2.05, 4.69) is 60.4 Å². The van der Waals surface area contributed by atoms with Crippen molar-refractivity contribution in [1.82, 2.24) is 0 Å². The first-order chi connectivity index (χ1) is 10.3. The Hall–Kier alpha value is -1.80. The Labute approximate surface area is 127 Å². The molecule has 1 atom stereocenters. The highest BCUT2D eigenvalue weighted by atomic mass is 16.3. The summed E-state index contributed by atoms with van der Waals surface area (Å²) in [6.45, 7) is 3.85. The average Bonchev–Trinajstić information content (AvgIpc) is 2.55. The van der Waals surface area contributed by atoms with Gasteiger partial charge in [0.1, 0.15) is 0 Å². The van der Waals surface area contributed by atoms with E-state index in [1.54, 1.807) is 0 Å². The predicted molar refractivity (Wildman–Crippen MR) is 87.8 cm³/mol. The largest absolute Gasteiger partial charge is 0.387 e. The van der Waals surface area contributed by atoms with Gasteiger partial charge in [0.2, 0.25) is 0 Å². The van der Waals surface area contributed by atoms with Gasteiger partial charge >= 0.3 is 0 Å². The van der Waals surface area contributed by atoms with Crippen LogP contribution < -0.4 is 4.90 Å². The van der Waals surface area contributed by atoms with Gasteiger partial charge in [-0.25, -0.2) is 0 Å². The molecule has 1 unspecified atom stereocenters. The second-order valence-electron chi connectivity index (χ2n) is 5.79. The maximum atomic E-state index is 10.5. The van der Waals surface area contributed by atoms with Crippen LogP contribution in [-0.4, -0.2) is 18.2 Å². The fourth-order valence-corrected chi connectivity index (χ4v) is 3.09. The van der Waals surface area contributed by atoms with Gasteiger partial charge in [-0.1, -0.05) is 49.4 Å². The zero-order valence-corrected chi connectivity index (χ0v) is 12.6. The second-order valence-corrected chi connectivity index (χ2v) is 5.79. The van der Waals surface area contributed by atoms with Gasteiger partial charge in [0.05, 0.1) is 6.10 Å². The van der Waals surface area contributed by atoms with Crippen molar-refractivity contribution in [2.45, 2.75) is 32.3 Å². The molecule has 0 saturated heterocycles. The van der Waals surface area contributed by atoms with Gasteiger partial charge in [-0.05, 0) is 42.0 Å². The molecule has 2 heteroatoms. The van der Waals surface area contributed by atoms with E-state index in [0.717, 1.165) is 24.9 Å². The Balaban J connectivity index is 1.74. The topological polar surface area (TPSA) is 23.5 Å². The number of aliphatic hydroxyl groups excluding tert-OH is 1. The van der Waals surface area contributed by atoms with E-state index >= 15 is 0 Å². The monoisotopic (exact) mass is 281 g/mol. The van der Waals surface area contributed by atoms with Crippen molar-refractivity contribution in [3.8, 4) is 0 Å². The summed E-state index contributed by atoms with van der Waals surface area (Å²) >= 11 is 0. The lowest BCUT2D eigenvalue weighted by Crippen LogP contribution is -2.33. The second kappa shape index (κ2) is 6.31. The van der Waals surface area contributed by atoms with Crippen molar-refractivity contribution < 1.29 is 5.11 Å². The van der Waals surface area contributed by atoms with E-state index in [1.807, 2.05) is 0 Å². The molecule has 0 aliphatic carbocycles. The molecular weight excluding hydrogens is 258 g/mol. The van der Waals surface area contributed by atoms with Crippen LogP contribution >= 0.6 is 0 Å². The van der Waals surface area contributed by atoms with Crippen molar-refractivity contribution in [1.29, 1.82) is 0 Å². The molecule has 3 rings (SSSR count). The van der Waals surface area contributed by atoms with Gasteiger partial charge in [-0.3, -0.25) is 0 Å². The Bertz CT molecular complexity index is 591. The molecule has 1 aliphatic rings. The van der Waals surface area contributed by atoms with Crippen LogP contribution in [0.15, 0.2) is 48.5 Å². The lowest BCUT2D eigenvalue weighted by molar-refractivity contribution is 0.182. The molecule has 0 fully saturated rings. The molecule has 1 N–H and O–H groups in total. The number of β-amino-alcohol motifs (C(OH)–C–C–N with tert-alkyl or cyclic N) is 1. The molecular formula is C19H23NO. The summed E-state index contributed by atoms with van der Waals surface area (Å²) in [6, 6.07) is 16.9. The number of aliphatic hydroxyl groups is 1. The number of benzene rings is 2. The summed E-state index contributed by atoms with van der Waals surface area (Å²) in [6.07, 6.45) is 2.92. The van der Waals surface area contributed by atoms with Crippen molar-refractivity contribution in [2.24, 2.45) is 0 Å². The molecule has 2 aromatic rings. The first-order valence-corrected chi connectivity index (χ1v) is 7.87. The van der Waals surface area contributed by atoms with Gasteiger partial charge in [-0.15, -0.1) is 0 Å². The van der Waals surface area contributed by atoms with Crippen molar-refractivity contribution >= 4 is 5.69 Å². The molecule has 1 heterocycles. The van der Waals surface area contributed by atoms with E-state index in [1.165, 1.54) is 23.2 Å². The fraction of sp³-hybridized carbons (Fsp3) is 0.368. The Morgan fingerprint density at radius 3 is 2.62 bits per heavy atom. The summed E-state index contributed by atoms with van der Waals surface area (Å²) in [4.78, 5) is 2.32. The number of hydrogen-bond acceptors (Lipinski definition) is 2. The minimum absolute atomic E-state index is 0.429. The standard InChI is InChI=1S/C19H23NO/c1-2-15-9-11-17(12-10-15)19(21)14-20-13-5-7-16-6-3-4-8-18(16)20/h3-4,6,8-12,19,21H,2,5,7,13-14H2,1H3. The normalized spacial score (nSPS) is 15.6. The van der Waals surface area contributed by atoms with Crippen molar-refractivity contribution in [3.63, 3.8) is 0 Å². The van der Waals surface area contributed by atoms with Gasteiger partial charge in [0.15, 0.2) is 0 Å². The van der Waals surface area contributed by atoms with Gasteiger partial charge in [0, 0.05) is 18.8 Å². The minimum atomic E-state index is -0.429. The van der Waals surface area contributed by atoms with Gasteiger partial charge < -0.3 is 10.0 Å². The molecule has 0 aromatic heterocycles. The zero-order chi connectivity index (χ0) is 14.7. The van der Waals surface area contributed by atoms with Crippen LogP contribution in [-0.2, 0) is 12.8 Å². The van der Waals surface area contributed by atoms with E-state index in [4.69, 9.17) is 0 Å². The molecule has 2 nitrogen and oxygen atoms in total. The van der Waals surface area contributed by atoms with Crippen LogP contribution in [0.5, 0.6) is 0 Å². The SMILES string of the molecule is CCc1ccc(C(O)CN2CCCc3ccccc32)cc1. The third-order valence-electron chi connectivity index (χ3n) is 4.37. The Kier molecular flexibility index (Phi) is 4.26. The number of rotatable bonds is 4. The molecule has 21 heavy (non-hydrogen) atoms. The van der Waals surface area contributed by atoms with E-state index in [9.17, 15) is 5.11 Å². The molecule has 0 amide bonds. The molecule has 2 aromatic carbocycles. The first kappa shape index (κ1) is 14.2. The lowest BCUT2D eigenvalue weighted by atomic mass is 10.00. The Morgan fingerprint density at radius 1 is 1.10 bits per heavy atom. The number of nitrogens with zero attached hydrogens (tertiary/aromatic N) is 1. The predicted octanol–water partition coefficient (Wildman–Crippen LogP) is 3.74. The molecule has 0 saturated carbocycles. The van der Waals surface area contributed by atoms with E-state index in [0.29, 0.717) is 6.54 Å². The average molecular weight is 281 g/mol.